The van der Waals surface area contributed by atoms with Crippen molar-refractivity contribution in [1.29, 1.82) is 0 Å². The zero-order valence-electron chi connectivity index (χ0n) is 12.3. The summed E-state index contributed by atoms with van der Waals surface area (Å²) in [4.78, 5) is 22.9. The van der Waals surface area contributed by atoms with Gasteiger partial charge in [0.2, 0.25) is 0 Å². The number of carbonyl (C=O) groups excluding carboxylic acids is 1. The third-order valence-electron chi connectivity index (χ3n) is 2.95. The van der Waals surface area contributed by atoms with Crippen molar-refractivity contribution in [3.05, 3.63) is 35.9 Å². The highest BCUT2D eigenvalue weighted by Crippen LogP contribution is 2.03. The van der Waals surface area contributed by atoms with Crippen LogP contribution in [0, 0.1) is 0 Å². The van der Waals surface area contributed by atoms with Crippen LogP contribution in [0.3, 0.4) is 0 Å². The fourth-order valence-corrected chi connectivity index (χ4v) is 1.85. The monoisotopic (exact) mass is 293 g/mol. The molecule has 0 fully saturated rings. The molecule has 0 aliphatic carbocycles. The van der Waals surface area contributed by atoms with E-state index in [2.05, 4.69) is 16.0 Å². The van der Waals surface area contributed by atoms with Gasteiger partial charge in [-0.1, -0.05) is 37.3 Å². The van der Waals surface area contributed by atoms with Crippen LogP contribution in [0.15, 0.2) is 30.3 Å². The number of carbonyl (C=O) groups is 2. The highest BCUT2D eigenvalue weighted by atomic mass is 16.4. The third kappa shape index (κ3) is 7.31. The molecule has 21 heavy (non-hydrogen) atoms. The Morgan fingerprint density at radius 3 is 2.52 bits per heavy atom. The van der Waals surface area contributed by atoms with Crippen molar-refractivity contribution >= 4 is 12.0 Å². The zero-order chi connectivity index (χ0) is 15.5. The van der Waals surface area contributed by atoms with Crippen LogP contribution in [-0.4, -0.2) is 42.8 Å². The first-order chi connectivity index (χ1) is 10.1. The van der Waals surface area contributed by atoms with E-state index in [1.54, 1.807) is 0 Å². The normalized spacial score (nSPS) is 11.7. The Bertz CT molecular complexity index is 437. The molecule has 0 unspecified atom stereocenters. The van der Waals surface area contributed by atoms with Gasteiger partial charge < -0.3 is 21.1 Å². The number of amides is 2. The van der Waals surface area contributed by atoms with E-state index < -0.39 is 18.0 Å². The molecule has 116 valence electrons. The topological polar surface area (TPSA) is 90.5 Å². The Morgan fingerprint density at radius 2 is 1.90 bits per heavy atom. The van der Waals surface area contributed by atoms with Gasteiger partial charge in [0.05, 0.1) is 0 Å². The van der Waals surface area contributed by atoms with E-state index in [4.69, 9.17) is 0 Å². The number of urea groups is 1. The van der Waals surface area contributed by atoms with E-state index in [-0.39, 0.29) is 6.42 Å². The second kappa shape index (κ2) is 9.77. The van der Waals surface area contributed by atoms with Crippen LogP contribution in [0.4, 0.5) is 4.79 Å². The molecule has 4 N–H and O–H groups in total. The number of aliphatic carboxylic acids is 1. The van der Waals surface area contributed by atoms with Crippen LogP contribution in [0.1, 0.15) is 18.9 Å². The van der Waals surface area contributed by atoms with E-state index in [1.807, 2.05) is 37.3 Å². The summed E-state index contributed by atoms with van der Waals surface area (Å²) in [5.74, 6) is -1.04. The Kier molecular flexibility index (Phi) is 7.89. The second-order valence-electron chi connectivity index (χ2n) is 4.69. The maximum absolute atomic E-state index is 11.7. The SMILES string of the molecule is CCNCCCNC(=O)N[C@H](Cc1ccccc1)C(=O)O. The smallest absolute Gasteiger partial charge is 0.326 e. The lowest BCUT2D eigenvalue weighted by atomic mass is 10.1. The van der Waals surface area contributed by atoms with Crippen LogP contribution >= 0.6 is 0 Å². The predicted octanol–water partition coefficient (Wildman–Crippen LogP) is 0.981. The summed E-state index contributed by atoms with van der Waals surface area (Å²) in [6.07, 6.45) is 1.07. The molecule has 0 aliphatic heterocycles. The molecule has 0 aliphatic rings. The lowest BCUT2D eigenvalue weighted by Crippen LogP contribution is -2.47. The summed E-state index contributed by atoms with van der Waals surface area (Å²) >= 11 is 0. The van der Waals surface area contributed by atoms with E-state index in [1.165, 1.54) is 0 Å². The number of benzene rings is 1. The summed E-state index contributed by atoms with van der Waals surface area (Å²) in [5, 5.41) is 17.5. The molecule has 0 spiro atoms. The van der Waals surface area contributed by atoms with E-state index in [9.17, 15) is 14.7 Å². The summed E-state index contributed by atoms with van der Waals surface area (Å²) < 4.78 is 0. The van der Waals surface area contributed by atoms with E-state index in [0.29, 0.717) is 6.54 Å². The lowest BCUT2D eigenvalue weighted by molar-refractivity contribution is -0.139. The molecule has 0 heterocycles. The summed E-state index contributed by atoms with van der Waals surface area (Å²) in [7, 11) is 0. The highest BCUT2D eigenvalue weighted by molar-refractivity contribution is 5.82. The number of carboxylic acid groups (broad SMARTS) is 1. The Morgan fingerprint density at radius 1 is 1.19 bits per heavy atom. The standard InChI is InChI=1S/C15H23N3O3/c1-2-16-9-6-10-17-15(21)18-13(14(19)20)11-12-7-4-3-5-8-12/h3-5,7-8,13,16H,2,6,9-11H2,1H3,(H,19,20)(H2,17,18,21)/t13-/m1/s1. The van der Waals surface area contributed by atoms with Gasteiger partial charge in [-0.2, -0.15) is 0 Å². The first-order valence-corrected chi connectivity index (χ1v) is 7.15. The van der Waals surface area contributed by atoms with Gasteiger partial charge in [0, 0.05) is 13.0 Å². The molecular weight excluding hydrogens is 270 g/mol. The second-order valence-corrected chi connectivity index (χ2v) is 4.69. The quantitative estimate of drug-likeness (QED) is 0.511. The van der Waals surface area contributed by atoms with Crippen molar-refractivity contribution in [3.63, 3.8) is 0 Å². The van der Waals surface area contributed by atoms with Gasteiger partial charge in [0.15, 0.2) is 0 Å². The van der Waals surface area contributed by atoms with Gasteiger partial charge in [-0.15, -0.1) is 0 Å². The van der Waals surface area contributed by atoms with Crippen LogP contribution in [0.5, 0.6) is 0 Å². The average molecular weight is 293 g/mol. The van der Waals surface area contributed by atoms with Crippen molar-refractivity contribution in [1.82, 2.24) is 16.0 Å². The lowest BCUT2D eigenvalue weighted by Gasteiger charge is -2.15. The Hall–Kier alpha value is -2.08. The van der Waals surface area contributed by atoms with Gasteiger partial charge in [0.25, 0.3) is 0 Å². The number of carboxylic acids is 1. The molecule has 0 saturated heterocycles. The number of rotatable bonds is 9. The fraction of sp³-hybridized carbons (Fsp3) is 0.467. The van der Waals surface area contributed by atoms with Gasteiger partial charge >= 0.3 is 12.0 Å². The molecule has 1 rings (SSSR count). The van der Waals surface area contributed by atoms with Crippen LogP contribution in [0.2, 0.25) is 0 Å². The highest BCUT2D eigenvalue weighted by Gasteiger charge is 2.19. The average Bonchev–Trinajstić information content (AvgIpc) is 2.47. The predicted molar refractivity (Wildman–Crippen MR) is 81.3 cm³/mol. The minimum absolute atomic E-state index is 0.265. The molecule has 1 aromatic rings. The number of nitrogens with one attached hydrogen (secondary N) is 3. The molecule has 2 amide bonds. The molecule has 0 radical (unpaired) electrons. The van der Waals surface area contributed by atoms with E-state index in [0.717, 1.165) is 25.1 Å². The molecule has 6 heteroatoms. The van der Waals surface area contributed by atoms with Crippen molar-refractivity contribution in [2.45, 2.75) is 25.8 Å². The number of hydrogen-bond acceptors (Lipinski definition) is 3. The molecule has 1 atom stereocenters. The summed E-state index contributed by atoms with van der Waals surface area (Å²) in [5.41, 5.74) is 0.873. The Labute approximate surface area is 124 Å². The Balaban J connectivity index is 2.36. The molecule has 0 aromatic heterocycles. The fourth-order valence-electron chi connectivity index (χ4n) is 1.85. The minimum Gasteiger partial charge on any atom is -0.480 e. The number of hydrogen-bond donors (Lipinski definition) is 4. The van der Waals surface area contributed by atoms with Gasteiger partial charge in [-0.3, -0.25) is 0 Å². The molecule has 6 nitrogen and oxygen atoms in total. The summed E-state index contributed by atoms with van der Waals surface area (Å²) in [6.45, 7) is 4.24. The summed E-state index contributed by atoms with van der Waals surface area (Å²) in [6, 6.07) is 7.85. The minimum atomic E-state index is -1.04. The van der Waals surface area contributed by atoms with E-state index >= 15 is 0 Å². The van der Waals surface area contributed by atoms with Gasteiger partial charge in [0.1, 0.15) is 6.04 Å². The van der Waals surface area contributed by atoms with Gasteiger partial charge in [-0.25, -0.2) is 9.59 Å². The molecule has 1 aromatic carbocycles. The van der Waals surface area contributed by atoms with Crippen molar-refractivity contribution < 1.29 is 14.7 Å². The first kappa shape index (κ1) is 17.0. The zero-order valence-corrected chi connectivity index (χ0v) is 12.3. The van der Waals surface area contributed by atoms with Crippen molar-refractivity contribution in [2.75, 3.05) is 19.6 Å². The van der Waals surface area contributed by atoms with Gasteiger partial charge in [-0.05, 0) is 25.1 Å². The van der Waals surface area contributed by atoms with Crippen LogP contribution in [-0.2, 0) is 11.2 Å². The maximum atomic E-state index is 11.7. The molecular formula is C15H23N3O3. The van der Waals surface area contributed by atoms with Crippen molar-refractivity contribution in [2.24, 2.45) is 0 Å². The first-order valence-electron chi connectivity index (χ1n) is 7.15. The largest absolute Gasteiger partial charge is 0.480 e. The van der Waals surface area contributed by atoms with Crippen molar-refractivity contribution in [3.8, 4) is 0 Å². The van der Waals surface area contributed by atoms with Crippen LogP contribution in [0.25, 0.3) is 0 Å². The molecule has 0 saturated carbocycles. The molecule has 0 bridgehead atoms. The van der Waals surface area contributed by atoms with Crippen LogP contribution < -0.4 is 16.0 Å². The third-order valence-corrected chi connectivity index (χ3v) is 2.95. The maximum Gasteiger partial charge on any atom is 0.326 e.